The van der Waals surface area contributed by atoms with Crippen molar-refractivity contribution in [2.24, 2.45) is 5.92 Å². The topological polar surface area (TPSA) is 12.0 Å². The Morgan fingerprint density at radius 2 is 1.92 bits per heavy atom. The van der Waals surface area contributed by atoms with Crippen molar-refractivity contribution in [2.45, 2.75) is 30.4 Å². The molecule has 70 valence electrons. The zero-order chi connectivity index (χ0) is 8.60. The second-order valence-corrected chi connectivity index (χ2v) is 6.90. The molecule has 1 N–H and O–H groups in total. The lowest BCUT2D eigenvalue weighted by Crippen LogP contribution is -2.49. The van der Waals surface area contributed by atoms with E-state index in [-0.39, 0.29) is 0 Å². The molecule has 12 heavy (non-hydrogen) atoms. The highest BCUT2D eigenvalue weighted by atomic mass is 32.2. The molecular weight excluding hydrogens is 186 g/mol. The second-order valence-electron chi connectivity index (χ2n) is 3.79. The van der Waals surface area contributed by atoms with Crippen LogP contribution >= 0.6 is 23.5 Å². The van der Waals surface area contributed by atoms with Crippen LogP contribution in [0.2, 0.25) is 0 Å². The van der Waals surface area contributed by atoms with Gasteiger partial charge in [-0.15, -0.1) is 23.5 Å². The first-order valence-corrected chi connectivity index (χ1v) is 6.73. The van der Waals surface area contributed by atoms with E-state index in [1.54, 1.807) is 0 Å². The predicted molar refractivity (Wildman–Crippen MR) is 58.9 cm³/mol. The molecule has 2 saturated heterocycles. The van der Waals surface area contributed by atoms with Crippen LogP contribution in [-0.2, 0) is 0 Å². The van der Waals surface area contributed by atoms with Gasteiger partial charge in [0.05, 0.1) is 4.08 Å². The second kappa shape index (κ2) is 3.43. The maximum atomic E-state index is 3.56. The summed E-state index contributed by atoms with van der Waals surface area (Å²) in [6.45, 7) is 5.94. The van der Waals surface area contributed by atoms with Gasteiger partial charge in [-0.2, -0.15) is 0 Å². The third-order valence-corrected chi connectivity index (χ3v) is 7.07. The minimum atomic E-state index is 0.574. The van der Waals surface area contributed by atoms with E-state index < -0.39 is 0 Å². The highest BCUT2D eigenvalue weighted by Crippen LogP contribution is 2.53. The minimum absolute atomic E-state index is 0.574. The van der Waals surface area contributed by atoms with Crippen molar-refractivity contribution in [3.05, 3.63) is 0 Å². The Morgan fingerprint density at radius 1 is 1.25 bits per heavy atom. The monoisotopic (exact) mass is 203 g/mol. The van der Waals surface area contributed by atoms with Crippen molar-refractivity contribution in [1.29, 1.82) is 0 Å². The summed E-state index contributed by atoms with van der Waals surface area (Å²) in [6, 6.07) is 0.705. The Morgan fingerprint density at radius 3 is 2.58 bits per heavy atom. The fourth-order valence-electron chi connectivity index (χ4n) is 2.14. The van der Waals surface area contributed by atoms with E-state index in [2.05, 4.69) is 42.7 Å². The largest absolute Gasteiger partial charge is 0.314 e. The Balaban J connectivity index is 2.11. The standard InChI is InChI=1S/C9H17NS2/c1-7-8(2)10-4-3-9(7)11-5-6-12-9/h7-8,10H,3-6H2,1-2H3. The molecule has 2 heterocycles. The lowest BCUT2D eigenvalue weighted by Gasteiger charge is -2.42. The number of hydrogen-bond donors (Lipinski definition) is 1. The minimum Gasteiger partial charge on any atom is -0.314 e. The first kappa shape index (κ1) is 9.22. The van der Waals surface area contributed by atoms with Crippen molar-refractivity contribution >= 4 is 23.5 Å². The lowest BCUT2D eigenvalue weighted by atomic mass is 9.93. The van der Waals surface area contributed by atoms with Gasteiger partial charge < -0.3 is 5.32 Å². The average Bonchev–Trinajstić information content (AvgIpc) is 2.50. The summed E-state index contributed by atoms with van der Waals surface area (Å²) in [5.74, 6) is 3.55. The van der Waals surface area contributed by atoms with Gasteiger partial charge in [0.15, 0.2) is 0 Å². The van der Waals surface area contributed by atoms with Crippen LogP contribution < -0.4 is 5.32 Å². The third kappa shape index (κ3) is 1.40. The van der Waals surface area contributed by atoms with Crippen LogP contribution in [0.25, 0.3) is 0 Å². The molecule has 1 spiro atoms. The maximum absolute atomic E-state index is 3.56. The van der Waals surface area contributed by atoms with E-state index in [0.29, 0.717) is 10.1 Å². The number of nitrogens with one attached hydrogen (secondary N) is 1. The summed E-state index contributed by atoms with van der Waals surface area (Å²) in [4.78, 5) is 0. The smallest absolute Gasteiger partial charge is 0.0663 e. The van der Waals surface area contributed by atoms with Crippen LogP contribution in [-0.4, -0.2) is 28.2 Å². The molecule has 0 radical (unpaired) electrons. The van der Waals surface area contributed by atoms with Gasteiger partial charge in [0.2, 0.25) is 0 Å². The molecule has 0 aromatic carbocycles. The molecule has 0 aromatic heterocycles. The van der Waals surface area contributed by atoms with Gasteiger partial charge in [0, 0.05) is 17.5 Å². The molecular formula is C9H17NS2. The first-order chi connectivity index (χ1) is 5.75. The zero-order valence-electron chi connectivity index (χ0n) is 7.80. The number of hydrogen-bond acceptors (Lipinski definition) is 3. The van der Waals surface area contributed by atoms with Gasteiger partial charge in [-0.25, -0.2) is 0 Å². The Labute approximate surface area is 83.4 Å². The quantitative estimate of drug-likeness (QED) is 0.648. The zero-order valence-corrected chi connectivity index (χ0v) is 9.43. The van der Waals surface area contributed by atoms with Crippen molar-refractivity contribution < 1.29 is 0 Å². The molecule has 2 aliphatic heterocycles. The Kier molecular flexibility index (Phi) is 2.64. The van der Waals surface area contributed by atoms with Crippen LogP contribution in [0.15, 0.2) is 0 Å². The van der Waals surface area contributed by atoms with Gasteiger partial charge in [0.25, 0.3) is 0 Å². The van der Waals surface area contributed by atoms with Crippen LogP contribution in [0.1, 0.15) is 20.3 Å². The summed E-state index contributed by atoms with van der Waals surface area (Å²) in [5, 5.41) is 3.56. The van der Waals surface area contributed by atoms with E-state index in [9.17, 15) is 0 Å². The first-order valence-electron chi connectivity index (χ1n) is 4.76. The molecule has 2 aliphatic rings. The fraction of sp³-hybridized carbons (Fsp3) is 1.00. The molecule has 0 aromatic rings. The summed E-state index contributed by atoms with van der Waals surface area (Å²) in [7, 11) is 0. The van der Waals surface area contributed by atoms with Gasteiger partial charge in [-0.1, -0.05) is 6.92 Å². The van der Waals surface area contributed by atoms with Crippen molar-refractivity contribution in [1.82, 2.24) is 5.32 Å². The highest BCUT2D eigenvalue weighted by Gasteiger charge is 2.44. The van der Waals surface area contributed by atoms with E-state index in [1.807, 2.05) is 0 Å². The van der Waals surface area contributed by atoms with Crippen LogP contribution in [0.3, 0.4) is 0 Å². The number of piperidine rings is 1. The molecule has 2 rings (SSSR count). The van der Waals surface area contributed by atoms with E-state index in [4.69, 9.17) is 0 Å². The van der Waals surface area contributed by atoms with E-state index >= 15 is 0 Å². The highest BCUT2D eigenvalue weighted by molar-refractivity contribution is 8.21. The van der Waals surface area contributed by atoms with Crippen molar-refractivity contribution in [2.75, 3.05) is 18.1 Å². The Bertz CT molecular complexity index is 166. The number of thioether (sulfide) groups is 2. The average molecular weight is 203 g/mol. The van der Waals surface area contributed by atoms with Gasteiger partial charge in [-0.3, -0.25) is 0 Å². The molecule has 0 bridgehead atoms. The molecule has 2 atom stereocenters. The SMILES string of the molecule is CC1NCCC2(SCCS2)C1C. The maximum Gasteiger partial charge on any atom is 0.0663 e. The van der Waals surface area contributed by atoms with Crippen molar-refractivity contribution in [3.8, 4) is 0 Å². The predicted octanol–water partition coefficient (Wildman–Crippen LogP) is 2.18. The molecule has 0 amide bonds. The molecule has 0 aliphatic carbocycles. The molecule has 2 unspecified atom stereocenters. The van der Waals surface area contributed by atoms with E-state index in [0.717, 1.165) is 5.92 Å². The van der Waals surface area contributed by atoms with Crippen LogP contribution in [0.4, 0.5) is 0 Å². The van der Waals surface area contributed by atoms with Gasteiger partial charge in [0.1, 0.15) is 0 Å². The summed E-state index contributed by atoms with van der Waals surface area (Å²) in [6.07, 6.45) is 1.36. The number of rotatable bonds is 0. The van der Waals surface area contributed by atoms with E-state index in [1.165, 1.54) is 24.5 Å². The summed E-state index contributed by atoms with van der Waals surface area (Å²) >= 11 is 4.40. The molecule has 3 heteroatoms. The molecule has 2 fully saturated rings. The molecule has 0 saturated carbocycles. The fourth-order valence-corrected chi connectivity index (χ4v) is 5.76. The lowest BCUT2D eigenvalue weighted by molar-refractivity contribution is 0.311. The van der Waals surface area contributed by atoms with Crippen molar-refractivity contribution in [3.63, 3.8) is 0 Å². The Hall–Kier alpha value is 0.660. The van der Waals surface area contributed by atoms with Gasteiger partial charge >= 0.3 is 0 Å². The molecule has 1 nitrogen and oxygen atoms in total. The summed E-state index contributed by atoms with van der Waals surface area (Å²) in [5.41, 5.74) is 0. The third-order valence-electron chi connectivity index (χ3n) is 3.16. The van der Waals surface area contributed by atoms with Gasteiger partial charge in [-0.05, 0) is 25.8 Å². The van der Waals surface area contributed by atoms with Crippen LogP contribution in [0.5, 0.6) is 0 Å². The normalized spacial score (nSPS) is 40.5. The van der Waals surface area contributed by atoms with Crippen LogP contribution in [0, 0.1) is 5.92 Å². The summed E-state index contributed by atoms with van der Waals surface area (Å²) < 4.78 is 0.574.